The monoisotopic (exact) mass is 671 g/mol. The maximum Gasteiger partial charge on any atom is 0.414 e. The van der Waals surface area contributed by atoms with Crippen molar-refractivity contribution in [1.82, 2.24) is 20.0 Å². The van der Waals surface area contributed by atoms with Crippen molar-refractivity contribution < 1.29 is 48.0 Å². The summed E-state index contributed by atoms with van der Waals surface area (Å²) < 4.78 is 25.3. The Morgan fingerprint density at radius 2 is 1.32 bits per heavy atom. The van der Waals surface area contributed by atoms with Gasteiger partial charge >= 0.3 is 30.2 Å². The van der Waals surface area contributed by atoms with Crippen molar-refractivity contribution in [3.63, 3.8) is 0 Å². The first kappa shape index (κ1) is 36.2. The number of alkyl carbamates (subject to hydrolysis) is 2. The highest BCUT2D eigenvalue weighted by molar-refractivity contribution is 7.09. The number of carbonyl (C=O) groups excluding carboxylic acids is 4. The zero-order valence-electron chi connectivity index (χ0n) is 26.6. The summed E-state index contributed by atoms with van der Waals surface area (Å²) in [5, 5.41) is 16.4. The second kappa shape index (κ2) is 15.8. The first-order valence-electron chi connectivity index (χ1n) is 14.3. The van der Waals surface area contributed by atoms with Gasteiger partial charge in [-0.15, -0.1) is 0 Å². The topological polar surface area (TPSA) is 204 Å². The number of carboxylic acid groups (broad SMARTS) is 1. The fourth-order valence-corrected chi connectivity index (χ4v) is 4.34. The highest BCUT2D eigenvalue weighted by Gasteiger charge is 2.32. The molecule has 15 nitrogen and oxygen atoms in total. The maximum absolute atomic E-state index is 13.5. The highest BCUT2D eigenvalue weighted by atomic mass is 32.1. The van der Waals surface area contributed by atoms with Gasteiger partial charge < -0.3 is 34.7 Å². The molecule has 0 aliphatic heterocycles. The normalized spacial score (nSPS) is 12.7. The number of carboxylic acids is 1. The molecule has 252 valence electrons. The number of nitrogens with zero attached hydrogens (tertiary/aromatic N) is 2. The van der Waals surface area contributed by atoms with Crippen LogP contribution < -0.4 is 16.0 Å². The summed E-state index contributed by atoms with van der Waals surface area (Å²) >= 11 is 0.661. The maximum atomic E-state index is 13.5. The van der Waals surface area contributed by atoms with E-state index in [1.807, 2.05) is 0 Å². The van der Waals surface area contributed by atoms with Gasteiger partial charge in [0.15, 0.2) is 24.0 Å². The number of amides is 3. The molecule has 3 amide bonds. The van der Waals surface area contributed by atoms with Crippen molar-refractivity contribution in [3.8, 4) is 0 Å². The van der Waals surface area contributed by atoms with Gasteiger partial charge in [0.2, 0.25) is 5.13 Å². The van der Waals surface area contributed by atoms with E-state index in [1.54, 1.807) is 102 Å². The number of hydrogen-bond acceptors (Lipinski definition) is 12. The molecule has 3 rings (SSSR count). The van der Waals surface area contributed by atoms with Crippen molar-refractivity contribution in [2.75, 3.05) is 11.9 Å². The van der Waals surface area contributed by atoms with Gasteiger partial charge in [0.05, 0.1) is 0 Å². The molecule has 0 saturated heterocycles. The zero-order valence-corrected chi connectivity index (χ0v) is 27.5. The van der Waals surface area contributed by atoms with E-state index in [2.05, 4.69) is 25.3 Å². The molecule has 16 heteroatoms. The van der Waals surface area contributed by atoms with Crippen LogP contribution in [0.15, 0.2) is 60.7 Å². The van der Waals surface area contributed by atoms with Crippen LogP contribution in [0.2, 0.25) is 0 Å². The Morgan fingerprint density at radius 3 is 1.83 bits per heavy atom. The van der Waals surface area contributed by atoms with Crippen molar-refractivity contribution in [1.29, 1.82) is 0 Å². The molecule has 0 fully saturated rings. The molecule has 1 heterocycles. The van der Waals surface area contributed by atoms with E-state index in [0.29, 0.717) is 22.7 Å². The van der Waals surface area contributed by atoms with Crippen LogP contribution in [-0.2, 0) is 28.5 Å². The van der Waals surface area contributed by atoms with Crippen LogP contribution in [0, 0.1) is 0 Å². The van der Waals surface area contributed by atoms with Gasteiger partial charge in [0.1, 0.15) is 17.8 Å². The standard InChI is InChI=1S/C31H37N5O10S/c1-30(2,3)45-28(41)32-20(25(39)44-22(18-13-9-7-10-14-18)19-15-11-8-12-16-19)17-43-27(40)33-21(24(37)38)23-34-26(47-36-23)35-29(42)46-31(4,5)6/h7-16,20-22H,17H2,1-6H3,(H,32,41)(H,33,40)(H,37,38)(H,34,35,36,42)/t20-,21?/m1/s1. The van der Waals surface area contributed by atoms with Crippen molar-refractivity contribution in [2.24, 2.45) is 0 Å². The molecule has 3 aromatic rings. The Bertz CT molecular complexity index is 1500. The van der Waals surface area contributed by atoms with E-state index in [9.17, 15) is 29.1 Å². The Labute approximate surface area is 275 Å². The van der Waals surface area contributed by atoms with E-state index in [0.717, 1.165) is 0 Å². The van der Waals surface area contributed by atoms with Crippen LogP contribution in [0.5, 0.6) is 0 Å². The molecule has 0 aliphatic carbocycles. The molecule has 4 N–H and O–H groups in total. The second-order valence-electron chi connectivity index (χ2n) is 11.9. The molecule has 0 radical (unpaired) electrons. The summed E-state index contributed by atoms with van der Waals surface area (Å²) in [5.41, 5.74) is -0.427. The Morgan fingerprint density at radius 1 is 0.787 bits per heavy atom. The minimum Gasteiger partial charge on any atom is -0.479 e. The minimum atomic E-state index is -1.79. The van der Waals surface area contributed by atoms with Crippen LogP contribution in [0.4, 0.5) is 19.5 Å². The molecule has 0 saturated carbocycles. The van der Waals surface area contributed by atoms with Gasteiger partial charge in [0.25, 0.3) is 0 Å². The molecule has 47 heavy (non-hydrogen) atoms. The van der Waals surface area contributed by atoms with Crippen LogP contribution in [0.25, 0.3) is 0 Å². The van der Waals surface area contributed by atoms with Gasteiger partial charge in [-0.3, -0.25) is 5.32 Å². The van der Waals surface area contributed by atoms with Crippen LogP contribution >= 0.6 is 11.5 Å². The average Bonchev–Trinajstić information content (AvgIpc) is 3.43. The molecule has 1 unspecified atom stereocenters. The van der Waals surface area contributed by atoms with E-state index >= 15 is 0 Å². The van der Waals surface area contributed by atoms with E-state index in [1.165, 1.54) is 0 Å². The average molecular weight is 672 g/mol. The Kier molecular flexibility index (Phi) is 12.2. The number of nitrogens with one attached hydrogen (secondary N) is 3. The van der Waals surface area contributed by atoms with E-state index in [-0.39, 0.29) is 11.0 Å². The molecule has 0 spiro atoms. The van der Waals surface area contributed by atoms with Gasteiger partial charge in [-0.05, 0) is 52.7 Å². The number of anilines is 1. The third kappa shape index (κ3) is 12.2. The zero-order chi connectivity index (χ0) is 34.8. The third-order valence-corrected chi connectivity index (χ3v) is 6.26. The quantitative estimate of drug-likeness (QED) is 0.158. The van der Waals surface area contributed by atoms with E-state index < -0.39 is 66.2 Å². The summed E-state index contributed by atoms with van der Waals surface area (Å²) in [5.74, 6) is -2.86. The summed E-state index contributed by atoms with van der Waals surface area (Å²) in [6.07, 6.45) is -3.98. The minimum absolute atomic E-state index is 0.0774. The summed E-state index contributed by atoms with van der Waals surface area (Å²) in [6, 6.07) is 14.4. The number of ether oxygens (including phenoxy) is 4. The van der Waals surface area contributed by atoms with Crippen molar-refractivity contribution >= 4 is 46.9 Å². The smallest absolute Gasteiger partial charge is 0.414 e. The molecule has 2 atom stereocenters. The predicted octanol–water partition coefficient (Wildman–Crippen LogP) is 4.96. The lowest BCUT2D eigenvalue weighted by atomic mass is 10.0. The molecular weight excluding hydrogens is 634 g/mol. The number of rotatable bonds is 11. The van der Waals surface area contributed by atoms with Crippen LogP contribution in [0.1, 0.15) is 70.6 Å². The number of carbonyl (C=O) groups is 5. The first-order chi connectivity index (χ1) is 22.0. The van der Waals surface area contributed by atoms with E-state index in [4.69, 9.17) is 18.9 Å². The number of aliphatic carboxylic acids is 1. The number of hydrogen-bond donors (Lipinski definition) is 4. The fourth-order valence-electron chi connectivity index (χ4n) is 3.75. The van der Waals surface area contributed by atoms with Crippen LogP contribution in [-0.4, -0.2) is 68.5 Å². The lowest BCUT2D eigenvalue weighted by Crippen LogP contribution is -2.48. The van der Waals surface area contributed by atoms with Crippen molar-refractivity contribution in [3.05, 3.63) is 77.6 Å². The van der Waals surface area contributed by atoms with Gasteiger partial charge in [-0.2, -0.15) is 4.37 Å². The molecular formula is C31H37N5O10S. The highest BCUT2D eigenvalue weighted by Crippen LogP contribution is 2.26. The number of esters is 1. The lowest BCUT2D eigenvalue weighted by Gasteiger charge is -2.25. The van der Waals surface area contributed by atoms with Gasteiger partial charge in [-0.25, -0.2) is 29.0 Å². The molecule has 1 aromatic heterocycles. The SMILES string of the molecule is CC(C)(C)OC(=O)Nc1nc(C(NC(=O)OC[C@@H](NC(=O)OC(C)(C)C)C(=O)OC(c2ccccc2)c2ccccc2)C(=O)O)ns1. The molecule has 2 aromatic carbocycles. The second-order valence-corrected chi connectivity index (χ2v) is 12.7. The number of benzene rings is 2. The number of aromatic nitrogens is 2. The lowest BCUT2D eigenvalue weighted by molar-refractivity contribution is -0.151. The Balaban J connectivity index is 1.74. The van der Waals surface area contributed by atoms with Gasteiger partial charge in [0, 0.05) is 11.5 Å². The summed E-state index contributed by atoms with van der Waals surface area (Å²) in [4.78, 5) is 66.8. The third-order valence-electron chi connectivity index (χ3n) is 5.61. The first-order valence-corrected chi connectivity index (χ1v) is 15.1. The van der Waals surface area contributed by atoms with Crippen LogP contribution in [0.3, 0.4) is 0 Å². The van der Waals surface area contributed by atoms with Crippen molar-refractivity contribution in [2.45, 2.75) is 70.9 Å². The summed E-state index contributed by atoms with van der Waals surface area (Å²) in [6.45, 7) is 9.08. The summed E-state index contributed by atoms with van der Waals surface area (Å²) in [7, 11) is 0. The predicted molar refractivity (Wildman–Crippen MR) is 169 cm³/mol. The largest absolute Gasteiger partial charge is 0.479 e. The van der Waals surface area contributed by atoms with Gasteiger partial charge in [-0.1, -0.05) is 60.7 Å². The Hall–Kier alpha value is -5.25. The fraction of sp³-hybridized carbons (Fsp3) is 0.387. The molecule has 0 bridgehead atoms. The molecule has 0 aliphatic rings.